The molecule has 3 nitrogen and oxygen atoms in total. The first-order valence-electron chi connectivity index (χ1n) is 5.62. The number of rotatable bonds is 5. The summed E-state index contributed by atoms with van der Waals surface area (Å²) >= 11 is 1.51. The summed E-state index contributed by atoms with van der Waals surface area (Å²) in [5.41, 5.74) is 0.643. The summed E-state index contributed by atoms with van der Waals surface area (Å²) in [6, 6.07) is 9.35. The van der Waals surface area contributed by atoms with Gasteiger partial charge in [-0.05, 0) is 38.1 Å². The number of carbonyl (C=O) groups excluding carboxylic acids is 1. The molecule has 4 heteroatoms. The fourth-order valence-corrected chi connectivity index (χ4v) is 2.24. The van der Waals surface area contributed by atoms with E-state index in [0.717, 1.165) is 18.0 Å². The van der Waals surface area contributed by atoms with Crippen LogP contribution in [0.5, 0.6) is 0 Å². The van der Waals surface area contributed by atoms with Crippen LogP contribution in [0.15, 0.2) is 29.2 Å². The van der Waals surface area contributed by atoms with Crippen LogP contribution in [0.25, 0.3) is 0 Å². The first-order chi connectivity index (χ1) is 8.21. The Morgan fingerprint density at radius 3 is 2.35 bits per heavy atom. The highest BCUT2D eigenvalue weighted by Gasteiger charge is 2.09. The zero-order valence-corrected chi connectivity index (χ0v) is 11.0. The number of amides is 1. The second-order valence-corrected chi connectivity index (χ2v) is 4.54. The van der Waals surface area contributed by atoms with Crippen LogP contribution in [-0.2, 0) is 4.79 Å². The van der Waals surface area contributed by atoms with Gasteiger partial charge in [0.15, 0.2) is 0 Å². The quantitative estimate of drug-likeness (QED) is 0.752. The zero-order chi connectivity index (χ0) is 12.7. The van der Waals surface area contributed by atoms with Crippen molar-refractivity contribution in [3.8, 4) is 6.07 Å². The van der Waals surface area contributed by atoms with Crippen LogP contribution >= 0.6 is 11.8 Å². The molecule has 0 aromatic heterocycles. The third kappa shape index (κ3) is 4.12. The molecule has 0 N–H and O–H groups in total. The molecule has 0 aliphatic heterocycles. The number of benzene rings is 1. The molecule has 0 spiro atoms. The van der Waals surface area contributed by atoms with Crippen molar-refractivity contribution in [2.75, 3.05) is 18.8 Å². The van der Waals surface area contributed by atoms with Crippen LogP contribution in [0.1, 0.15) is 19.4 Å². The van der Waals surface area contributed by atoms with Crippen molar-refractivity contribution in [3.05, 3.63) is 29.8 Å². The highest BCUT2D eigenvalue weighted by Crippen LogP contribution is 2.18. The van der Waals surface area contributed by atoms with Gasteiger partial charge in [-0.2, -0.15) is 5.26 Å². The molecule has 0 aliphatic rings. The molecule has 0 saturated carbocycles. The summed E-state index contributed by atoms with van der Waals surface area (Å²) in [7, 11) is 0. The number of carbonyl (C=O) groups is 1. The average Bonchev–Trinajstić information content (AvgIpc) is 2.38. The van der Waals surface area contributed by atoms with Gasteiger partial charge >= 0.3 is 0 Å². The molecule has 1 aromatic carbocycles. The molecule has 0 unspecified atom stereocenters. The summed E-state index contributed by atoms with van der Waals surface area (Å²) in [6.45, 7) is 5.47. The van der Waals surface area contributed by atoms with E-state index < -0.39 is 0 Å². The van der Waals surface area contributed by atoms with Crippen LogP contribution in [-0.4, -0.2) is 29.6 Å². The lowest BCUT2D eigenvalue weighted by atomic mass is 10.2. The van der Waals surface area contributed by atoms with Gasteiger partial charge in [0.2, 0.25) is 5.91 Å². The molecule has 0 radical (unpaired) electrons. The number of nitriles is 1. The number of nitrogens with zero attached hydrogens (tertiary/aromatic N) is 2. The second kappa shape index (κ2) is 6.97. The van der Waals surface area contributed by atoms with E-state index in [9.17, 15) is 4.79 Å². The van der Waals surface area contributed by atoms with Crippen molar-refractivity contribution in [3.63, 3.8) is 0 Å². The van der Waals surface area contributed by atoms with Gasteiger partial charge in [-0.25, -0.2) is 0 Å². The normalized spacial score (nSPS) is 9.71. The van der Waals surface area contributed by atoms with E-state index in [1.54, 1.807) is 12.1 Å². The first-order valence-corrected chi connectivity index (χ1v) is 6.60. The van der Waals surface area contributed by atoms with Crippen LogP contribution < -0.4 is 0 Å². The SMILES string of the molecule is CCN(CC)C(=O)CSc1ccc(C#N)cc1. The van der Waals surface area contributed by atoms with Crippen LogP contribution in [0.4, 0.5) is 0 Å². The largest absolute Gasteiger partial charge is 0.343 e. The Bertz CT molecular complexity index is 404. The molecule has 0 aliphatic carbocycles. The summed E-state index contributed by atoms with van der Waals surface area (Å²) < 4.78 is 0. The zero-order valence-electron chi connectivity index (χ0n) is 10.1. The van der Waals surface area contributed by atoms with E-state index in [1.165, 1.54) is 11.8 Å². The monoisotopic (exact) mass is 248 g/mol. The van der Waals surface area contributed by atoms with Crippen molar-refractivity contribution in [1.29, 1.82) is 5.26 Å². The lowest BCUT2D eigenvalue weighted by Gasteiger charge is -2.18. The summed E-state index contributed by atoms with van der Waals surface area (Å²) in [5.74, 6) is 0.609. The summed E-state index contributed by atoms with van der Waals surface area (Å²) in [5, 5.41) is 8.67. The molecule has 0 atom stereocenters. The first kappa shape index (κ1) is 13.6. The van der Waals surface area contributed by atoms with Gasteiger partial charge in [0.05, 0.1) is 17.4 Å². The van der Waals surface area contributed by atoms with Crippen LogP contribution in [0.2, 0.25) is 0 Å². The molecule has 0 bridgehead atoms. The van der Waals surface area contributed by atoms with Gasteiger partial charge in [0, 0.05) is 18.0 Å². The third-order valence-electron chi connectivity index (χ3n) is 2.46. The van der Waals surface area contributed by atoms with E-state index in [4.69, 9.17) is 5.26 Å². The van der Waals surface area contributed by atoms with E-state index in [0.29, 0.717) is 11.3 Å². The lowest BCUT2D eigenvalue weighted by Crippen LogP contribution is -2.31. The standard InChI is InChI=1S/C13H16N2OS/c1-3-15(4-2)13(16)10-17-12-7-5-11(9-14)6-8-12/h5-8H,3-4,10H2,1-2H3. The van der Waals surface area contributed by atoms with Crippen molar-refractivity contribution in [2.24, 2.45) is 0 Å². The Morgan fingerprint density at radius 1 is 1.29 bits per heavy atom. The minimum atomic E-state index is 0.157. The minimum Gasteiger partial charge on any atom is -0.343 e. The molecule has 0 saturated heterocycles. The molecule has 90 valence electrons. The lowest BCUT2D eigenvalue weighted by molar-refractivity contribution is -0.127. The van der Waals surface area contributed by atoms with Crippen molar-refractivity contribution < 1.29 is 4.79 Å². The highest BCUT2D eigenvalue weighted by molar-refractivity contribution is 8.00. The van der Waals surface area contributed by atoms with Crippen molar-refractivity contribution in [2.45, 2.75) is 18.7 Å². The maximum absolute atomic E-state index is 11.8. The highest BCUT2D eigenvalue weighted by atomic mass is 32.2. The molecule has 1 rings (SSSR count). The Morgan fingerprint density at radius 2 is 1.88 bits per heavy atom. The fourth-order valence-electron chi connectivity index (χ4n) is 1.44. The van der Waals surface area contributed by atoms with E-state index >= 15 is 0 Å². The predicted molar refractivity (Wildman–Crippen MR) is 69.8 cm³/mol. The second-order valence-electron chi connectivity index (χ2n) is 3.49. The van der Waals surface area contributed by atoms with Crippen LogP contribution in [0.3, 0.4) is 0 Å². The van der Waals surface area contributed by atoms with E-state index in [2.05, 4.69) is 6.07 Å². The fraction of sp³-hybridized carbons (Fsp3) is 0.385. The van der Waals surface area contributed by atoms with E-state index in [-0.39, 0.29) is 5.91 Å². The predicted octanol–water partition coefficient (Wildman–Crippen LogP) is 2.52. The molecule has 1 aromatic rings. The maximum atomic E-state index is 11.8. The van der Waals surface area contributed by atoms with Gasteiger partial charge < -0.3 is 4.90 Å². The maximum Gasteiger partial charge on any atom is 0.232 e. The van der Waals surface area contributed by atoms with Crippen LogP contribution in [0, 0.1) is 11.3 Å². The molecule has 0 heterocycles. The van der Waals surface area contributed by atoms with Crippen molar-refractivity contribution in [1.82, 2.24) is 4.90 Å². The summed E-state index contributed by atoms with van der Waals surface area (Å²) in [4.78, 5) is 14.6. The molecule has 1 amide bonds. The number of thioether (sulfide) groups is 1. The molecular formula is C13H16N2OS. The van der Waals surface area contributed by atoms with Gasteiger partial charge in [-0.1, -0.05) is 0 Å². The van der Waals surface area contributed by atoms with Gasteiger partial charge in [-0.15, -0.1) is 11.8 Å². The van der Waals surface area contributed by atoms with Gasteiger partial charge in [0.1, 0.15) is 0 Å². The smallest absolute Gasteiger partial charge is 0.232 e. The minimum absolute atomic E-state index is 0.157. The average molecular weight is 248 g/mol. The van der Waals surface area contributed by atoms with Gasteiger partial charge in [0.25, 0.3) is 0 Å². The molecule has 0 fully saturated rings. The Labute approximate surface area is 106 Å². The van der Waals surface area contributed by atoms with Gasteiger partial charge in [-0.3, -0.25) is 4.79 Å². The Balaban J connectivity index is 2.50. The molecular weight excluding hydrogens is 232 g/mol. The Hall–Kier alpha value is -1.47. The third-order valence-corrected chi connectivity index (χ3v) is 3.46. The number of hydrogen-bond acceptors (Lipinski definition) is 3. The summed E-state index contributed by atoms with van der Waals surface area (Å²) in [6.07, 6.45) is 0. The van der Waals surface area contributed by atoms with E-state index in [1.807, 2.05) is 30.9 Å². The Kier molecular flexibility index (Phi) is 5.58. The number of hydrogen-bond donors (Lipinski definition) is 0. The van der Waals surface area contributed by atoms with Crippen molar-refractivity contribution >= 4 is 17.7 Å². The molecule has 17 heavy (non-hydrogen) atoms. The topological polar surface area (TPSA) is 44.1 Å².